The van der Waals surface area contributed by atoms with Gasteiger partial charge in [0.15, 0.2) is 0 Å². The minimum Gasteiger partial charge on any atom is -0.332 e. The number of aromatic nitrogens is 2. The second-order valence-corrected chi connectivity index (χ2v) is 8.71. The van der Waals surface area contributed by atoms with Crippen molar-refractivity contribution >= 4 is 56.5 Å². The molecule has 0 unspecified atom stereocenters. The highest BCUT2D eigenvalue weighted by Crippen LogP contribution is 2.23. The van der Waals surface area contributed by atoms with E-state index in [0.717, 1.165) is 9.35 Å². The molecule has 2 aromatic heterocycles. The average Bonchev–Trinajstić information content (AvgIpc) is 3.25. The molecule has 9 heteroatoms. The van der Waals surface area contributed by atoms with Crippen molar-refractivity contribution in [3.8, 4) is 0 Å². The summed E-state index contributed by atoms with van der Waals surface area (Å²) in [6.45, 7) is 0.443. The minimum absolute atomic E-state index is 0.0551. The number of hydrogen-bond donors (Lipinski definition) is 1. The van der Waals surface area contributed by atoms with Crippen LogP contribution in [0.2, 0.25) is 5.02 Å². The molecule has 0 radical (unpaired) electrons. The van der Waals surface area contributed by atoms with Crippen LogP contribution in [0.4, 0.5) is 5.82 Å². The molecule has 0 fully saturated rings. The molecule has 6 nitrogen and oxygen atoms in total. The van der Waals surface area contributed by atoms with Gasteiger partial charge in [0, 0.05) is 18.1 Å². The van der Waals surface area contributed by atoms with Crippen LogP contribution in [0.1, 0.15) is 15.2 Å². The van der Waals surface area contributed by atoms with E-state index in [2.05, 4.69) is 26.3 Å². The number of benzene rings is 1. The lowest BCUT2D eigenvalue weighted by atomic mass is 10.2. The van der Waals surface area contributed by atoms with E-state index in [0.29, 0.717) is 22.3 Å². The zero-order chi connectivity index (χ0) is 19.4. The van der Waals surface area contributed by atoms with Crippen molar-refractivity contribution in [3.63, 3.8) is 0 Å². The highest BCUT2D eigenvalue weighted by atomic mass is 79.9. The Morgan fingerprint density at radius 3 is 2.63 bits per heavy atom. The van der Waals surface area contributed by atoms with Gasteiger partial charge in [-0.25, -0.2) is 4.68 Å². The van der Waals surface area contributed by atoms with Gasteiger partial charge in [-0.3, -0.25) is 9.59 Å². The number of nitrogens with zero attached hydrogens (tertiary/aromatic N) is 3. The Hall–Kier alpha value is -2.16. The minimum atomic E-state index is -0.292. The summed E-state index contributed by atoms with van der Waals surface area (Å²) in [5, 5.41) is 7.70. The van der Waals surface area contributed by atoms with Crippen LogP contribution in [0.3, 0.4) is 0 Å². The lowest BCUT2D eigenvalue weighted by Gasteiger charge is -2.16. The van der Waals surface area contributed by atoms with E-state index in [-0.39, 0.29) is 18.4 Å². The van der Waals surface area contributed by atoms with E-state index in [1.54, 1.807) is 36.1 Å². The normalized spacial score (nSPS) is 10.6. The highest BCUT2D eigenvalue weighted by Gasteiger charge is 2.17. The molecule has 3 rings (SSSR count). The largest absolute Gasteiger partial charge is 0.332 e. The predicted octanol–water partition coefficient (Wildman–Crippen LogP) is 4.12. The van der Waals surface area contributed by atoms with Gasteiger partial charge in [0.2, 0.25) is 5.91 Å². The summed E-state index contributed by atoms with van der Waals surface area (Å²) >= 11 is 10.6. The molecule has 2 amide bonds. The van der Waals surface area contributed by atoms with Crippen LogP contribution in [0.15, 0.2) is 52.4 Å². The third-order valence-electron chi connectivity index (χ3n) is 3.74. The molecular weight excluding hydrogens is 452 g/mol. The smallest absolute Gasteiger partial charge is 0.264 e. The van der Waals surface area contributed by atoms with Crippen molar-refractivity contribution in [2.24, 2.45) is 0 Å². The fourth-order valence-electron chi connectivity index (χ4n) is 2.41. The summed E-state index contributed by atoms with van der Waals surface area (Å²) in [6.07, 6.45) is 1.61. The van der Waals surface area contributed by atoms with E-state index in [9.17, 15) is 9.59 Å². The van der Waals surface area contributed by atoms with Crippen molar-refractivity contribution in [2.45, 2.75) is 6.54 Å². The number of rotatable bonds is 6. The molecule has 0 saturated heterocycles. The summed E-state index contributed by atoms with van der Waals surface area (Å²) in [5.74, 6) is 0.0736. The number of halogens is 2. The maximum Gasteiger partial charge on any atom is 0.264 e. The number of thiophene rings is 1. The van der Waals surface area contributed by atoms with Gasteiger partial charge in [0.05, 0.1) is 27.9 Å². The average molecular weight is 468 g/mol. The zero-order valence-corrected chi connectivity index (χ0v) is 17.5. The molecular formula is C18H16BrClN4O2S. The molecule has 1 aromatic carbocycles. The van der Waals surface area contributed by atoms with Crippen LogP contribution >= 0.6 is 38.9 Å². The predicted molar refractivity (Wildman–Crippen MR) is 110 cm³/mol. The number of carbonyl (C=O) groups is 2. The molecule has 0 aliphatic rings. The first kappa shape index (κ1) is 19.6. The van der Waals surface area contributed by atoms with Crippen LogP contribution in [-0.2, 0) is 11.3 Å². The summed E-state index contributed by atoms with van der Waals surface area (Å²) in [4.78, 5) is 26.6. The van der Waals surface area contributed by atoms with E-state index in [1.165, 1.54) is 16.2 Å². The molecule has 0 atom stereocenters. The molecule has 0 saturated carbocycles. The summed E-state index contributed by atoms with van der Waals surface area (Å²) in [7, 11) is 1.60. The molecule has 27 heavy (non-hydrogen) atoms. The van der Waals surface area contributed by atoms with Gasteiger partial charge in [-0.15, -0.1) is 11.3 Å². The second kappa shape index (κ2) is 8.69. The van der Waals surface area contributed by atoms with Gasteiger partial charge >= 0.3 is 0 Å². The molecule has 0 aliphatic carbocycles. The number of anilines is 1. The van der Waals surface area contributed by atoms with Crippen molar-refractivity contribution in [1.29, 1.82) is 0 Å². The molecule has 1 N–H and O–H groups in total. The molecule has 3 aromatic rings. The van der Waals surface area contributed by atoms with Crippen LogP contribution < -0.4 is 5.32 Å². The maximum absolute atomic E-state index is 12.3. The molecule has 140 valence electrons. The Bertz CT molecular complexity index is 954. The van der Waals surface area contributed by atoms with E-state index < -0.39 is 0 Å². The SMILES string of the molecule is CN(CC(=O)Nc1ccnn1Cc1ccc(Cl)cc1)C(=O)c1ccc(Br)s1. The number of amides is 2. The summed E-state index contributed by atoms with van der Waals surface area (Å²) < 4.78 is 2.55. The van der Waals surface area contributed by atoms with Crippen LogP contribution in [0, 0.1) is 0 Å². The molecule has 2 heterocycles. The summed E-state index contributed by atoms with van der Waals surface area (Å²) in [5.41, 5.74) is 1.01. The fourth-order valence-corrected chi connectivity index (χ4v) is 3.92. The van der Waals surface area contributed by atoms with Gasteiger partial charge in [-0.05, 0) is 45.8 Å². The second-order valence-electron chi connectivity index (χ2n) is 5.81. The van der Waals surface area contributed by atoms with E-state index >= 15 is 0 Å². The molecule has 0 aliphatic heterocycles. The van der Waals surface area contributed by atoms with Gasteiger partial charge in [-0.1, -0.05) is 23.7 Å². The lowest BCUT2D eigenvalue weighted by molar-refractivity contribution is -0.116. The Morgan fingerprint density at radius 1 is 1.22 bits per heavy atom. The van der Waals surface area contributed by atoms with E-state index in [1.807, 2.05) is 24.3 Å². The Labute approximate surface area is 173 Å². The van der Waals surface area contributed by atoms with Crippen molar-refractivity contribution in [2.75, 3.05) is 18.9 Å². The fraction of sp³-hybridized carbons (Fsp3) is 0.167. The Balaban J connectivity index is 1.60. The van der Waals surface area contributed by atoms with Crippen molar-refractivity contribution in [1.82, 2.24) is 14.7 Å². The highest BCUT2D eigenvalue weighted by molar-refractivity contribution is 9.11. The molecule has 0 spiro atoms. The van der Waals surface area contributed by atoms with Crippen LogP contribution in [0.25, 0.3) is 0 Å². The Morgan fingerprint density at radius 2 is 1.96 bits per heavy atom. The monoisotopic (exact) mass is 466 g/mol. The first-order valence-electron chi connectivity index (χ1n) is 7.99. The van der Waals surface area contributed by atoms with Gasteiger partial charge < -0.3 is 10.2 Å². The van der Waals surface area contributed by atoms with Crippen molar-refractivity contribution < 1.29 is 9.59 Å². The van der Waals surface area contributed by atoms with Gasteiger partial charge in [0.25, 0.3) is 5.91 Å². The third-order valence-corrected chi connectivity index (χ3v) is 5.60. The number of nitrogens with one attached hydrogen (secondary N) is 1. The standard InChI is InChI=1S/C18H16BrClN4O2S/c1-23(18(26)14-6-7-15(19)27-14)11-17(25)22-16-8-9-21-24(16)10-12-2-4-13(20)5-3-12/h2-9H,10-11H2,1H3,(H,22,25). The lowest BCUT2D eigenvalue weighted by Crippen LogP contribution is -2.35. The van der Waals surface area contributed by atoms with Gasteiger partial charge in [0.1, 0.15) is 5.82 Å². The third kappa shape index (κ3) is 5.18. The number of hydrogen-bond acceptors (Lipinski definition) is 4. The van der Waals surface area contributed by atoms with Gasteiger partial charge in [-0.2, -0.15) is 5.10 Å². The number of likely N-dealkylation sites (N-methyl/N-ethyl adjacent to an activating group) is 1. The topological polar surface area (TPSA) is 67.2 Å². The zero-order valence-electron chi connectivity index (χ0n) is 14.4. The first-order chi connectivity index (χ1) is 12.9. The van der Waals surface area contributed by atoms with E-state index in [4.69, 9.17) is 11.6 Å². The first-order valence-corrected chi connectivity index (χ1v) is 9.98. The molecule has 0 bridgehead atoms. The number of carbonyl (C=O) groups excluding carboxylic acids is 2. The van der Waals surface area contributed by atoms with Crippen LogP contribution in [-0.4, -0.2) is 40.1 Å². The Kier molecular flexibility index (Phi) is 6.30. The van der Waals surface area contributed by atoms with Crippen LogP contribution in [0.5, 0.6) is 0 Å². The summed E-state index contributed by atoms with van der Waals surface area (Å²) in [6, 6.07) is 12.7. The van der Waals surface area contributed by atoms with Crippen molar-refractivity contribution in [3.05, 3.63) is 67.9 Å². The maximum atomic E-state index is 12.3. The quantitative estimate of drug-likeness (QED) is 0.593.